The first kappa shape index (κ1) is 34.7. The summed E-state index contributed by atoms with van der Waals surface area (Å²) in [5, 5.41) is 15.7. The first-order chi connectivity index (χ1) is 22.3. The van der Waals surface area contributed by atoms with E-state index in [4.69, 9.17) is 17.3 Å². The third-order valence-electron chi connectivity index (χ3n) is 8.64. The smallest absolute Gasteiger partial charge is 0.322 e. The number of carbonyl (C=O) groups is 2. The van der Waals surface area contributed by atoms with Crippen LogP contribution in [0.4, 0.5) is 20.6 Å². The molecule has 0 aromatic heterocycles. The minimum absolute atomic E-state index is 0.0818. The molecule has 5 rings (SSSR count). The van der Waals surface area contributed by atoms with Crippen molar-refractivity contribution in [2.45, 2.75) is 75.2 Å². The third kappa shape index (κ3) is 8.26. The van der Waals surface area contributed by atoms with E-state index >= 15 is 4.39 Å². The maximum atomic E-state index is 15.5. The number of nitriles is 1. The standard InChI is InChI=1S/C35H40ClFN6O3S/c1-34(2,3)47(46)42-35(16-15-22-7-8-22,24-6-4-5-23(17-24)20-38)25-9-14-29(37)30(18-25)41-32(44)31-19-27(39)21-43(31)33(45)40-28-12-10-26(36)11-13-28/h4-6,9-14,17-18,22,27,31,42H,7-8,15-16,19,21,39H2,1-3H3,(H,40,45)(H,41,44)/t27-,31-,35?,47?/m1/s1. The van der Waals surface area contributed by atoms with Gasteiger partial charge in [0.2, 0.25) is 5.91 Å². The molecule has 1 aliphatic carbocycles. The van der Waals surface area contributed by atoms with Crippen molar-refractivity contribution in [3.63, 3.8) is 0 Å². The van der Waals surface area contributed by atoms with Crippen LogP contribution in [-0.4, -0.2) is 44.8 Å². The van der Waals surface area contributed by atoms with Gasteiger partial charge < -0.3 is 25.8 Å². The van der Waals surface area contributed by atoms with E-state index in [1.807, 2.05) is 26.8 Å². The number of likely N-dealkylation sites (tertiary alicyclic amines) is 1. The fourth-order valence-electron chi connectivity index (χ4n) is 5.79. The van der Waals surface area contributed by atoms with Crippen LogP contribution < -0.4 is 21.1 Å². The van der Waals surface area contributed by atoms with Crippen LogP contribution in [0.1, 0.15) is 69.6 Å². The lowest BCUT2D eigenvalue weighted by atomic mass is 9.79. The Kier molecular flexibility index (Phi) is 10.5. The Morgan fingerprint density at radius 2 is 1.79 bits per heavy atom. The lowest BCUT2D eigenvalue weighted by Gasteiger charge is -2.39. The minimum Gasteiger partial charge on any atom is -0.598 e. The molecule has 9 nitrogen and oxygen atoms in total. The zero-order valence-electron chi connectivity index (χ0n) is 26.7. The molecule has 5 N–H and O–H groups in total. The van der Waals surface area contributed by atoms with Crippen LogP contribution in [0.3, 0.4) is 0 Å². The second-order valence-electron chi connectivity index (χ2n) is 13.3. The van der Waals surface area contributed by atoms with Gasteiger partial charge in [-0.3, -0.25) is 4.79 Å². The number of urea groups is 1. The van der Waals surface area contributed by atoms with Crippen molar-refractivity contribution in [2.75, 3.05) is 17.2 Å². The van der Waals surface area contributed by atoms with Gasteiger partial charge in [0, 0.05) is 34.7 Å². The molecule has 3 aromatic rings. The zero-order chi connectivity index (χ0) is 33.9. The van der Waals surface area contributed by atoms with Crippen molar-refractivity contribution in [2.24, 2.45) is 11.7 Å². The van der Waals surface area contributed by atoms with Crippen molar-refractivity contribution < 1.29 is 18.5 Å². The normalized spacial score (nSPS) is 19.8. The summed E-state index contributed by atoms with van der Waals surface area (Å²) in [6.07, 6.45) is 3.75. The van der Waals surface area contributed by atoms with Crippen LogP contribution in [-0.2, 0) is 21.7 Å². The van der Waals surface area contributed by atoms with E-state index in [9.17, 15) is 19.4 Å². The van der Waals surface area contributed by atoms with E-state index in [0.29, 0.717) is 39.7 Å². The van der Waals surface area contributed by atoms with Crippen LogP contribution in [0, 0.1) is 23.1 Å². The van der Waals surface area contributed by atoms with Gasteiger partial charge in [0.25, 0.3) is 0 Å². The Morgan fingerprint density at radius 1 is 1.09 bits per heavy atom. The molecule has 2 unspecified atom stereocenters. The highest BCUT2D eigenvalue weighted by molar-refractivity contribution is 7.90. The van der Waals surface area contributed by atoms with Crippen LogP contribution in [0.25, 0.3) is 0 Å². The molecule has 47 heavy (non-hydrogen) atoms. The van der Waals surface area contributed by atoms with Crippen LogP contribution in [0.15, 0.2) is 66.7 Å². The lowest BCUT2D eigenvalue weighted by Crippen LogP contribution is -2.52. The number of nitrogens with one attached hydrogen (secondary N) is 3. The fourth-order valence-corrected chi connectivity index (χ4v) is 6.88. The average Bonchev–Trinajstić information content (AvgIpc) is 3.79. The summed E-state index contributed by atoms with van der Waals surface area (Å²) in [5.74, 6) is -0.725. The summed E-state index contributed by atoms with van der Waals surface area (Å²) in [4.78, 5) is 28.2. The number of halogens is 2. The van der Waals surface area contributed by atoms with Gasteiger partial charge >= 0.3 is 6.03 Å². The first-order valence-electron chi connectivity index (χ1n) is 15.7. The fraction of sp³-hybridized carbons (Fsp3) is 0.400. The molecule has 1 heterocycles. The summed E-state index contributed by atoms with van der Waals surface area (Å²) >= 11 is 4.41. The number of carbonyl (C=O) groups excluding carboxylic acids is 2. The summed E-state index contributed by atoms with van der Waals surface area (Å²) in [6, 6.07) is 18.4. The van der Waals surface area contributed by atoms with Crippen LogP contribution in [0.2, 0.25) is 5.02 Å². The Hall–Kier alpha value is -3.66. The monoisotopic (exact) mass is 678 g/mol. The molecular formula is C35H40ClFN6O3S. The van der Waals surface area contributed by atoms with Crippen LogP contribution >= 0.6 is 11.6 Å². The highest BCUT2D eigenvalue weighted by atomic mass is 35.5. The Balaban J connectivity index is 1.48. The van der Waals surface area contributed by atoms with Gasteiger partial charge in [-0.25, -0.2) is 9.18 Å². The molecule has 0 bridgehead atoms. The molecule has 3 amide bonds. The topological polar surface area (TPSA) is 146 Å². The zero-order valence-corrected chi connectivity index (χ0v) is 28.3. The van der Waals surface area contributed by atoms with Gasteiger partial charge in [0.1, 0.15) is 22.1 Å². The van der Waals surface area contributed by atoms with E-state index in [1.54, 1.807) is 54.6 Å². The van der Waals surface area contributed by atoms with E-state index in [-0.39, 0.29) is 18.7 Å². The summed E-state index contributed by atoms with van der Waals surface area (Å²) in [7, 11) is 0. The SMILES string of the molecule is CC(C)(C)[S+]([O-])NC(CCC1CC1)(c1cccc(C#N)c1)c1ccc(F)c(NC(=O)[C@H]2C[C@@H](N)CN2C(=O)Nc2ccc(Cl)cc2)c1. The predicted molar refractivity (Wildman–Crippen MR) is 184 cm³/mol. The van der Waals surface area contributed by atoms with Gasteiger partial charge in [0.15, 0.2) is 0 Å². The third-order valence-corrected chi connectivity index (χ3v) is 10.5. The quantitative estimate of drug-likeness (QED) is 0.182. The maximum absolute atomic E-state index is 15.5. The Labute approximate surface area is 283 Å². The number of amides is 3. The van der Waals surface area contributed by atoms with Gasteiger partial charge in [-0.05, 0) is 106 Å². The number of hydrogen-bond acceptors (Lipinski definition) is 6. The van der Waals surface area contributed by atoms with E-state index in [1.165, 1.54) is 11.0 Å². The highest BCUT2D eigenvalue weighted by Gasteiger charge is 2.44. The highest BCUT2D eigenvalue weighted by Crippen LogP contribution is 2.43. The molecule has 2 fully saturated rings. The number of anilines is 2. The van der Waals surface area contributed by atoms with Crippen LogP contribution in [0.5, 0.6) is 0 Å². The molecule has 0 spiro atoms. The predicted octanol–water partition coefficient (Wildman–Crippen LogP) is 6.41. The molecule has 1 saturated carbocycles. The van der Waals surface area contributed by atoms with Crippen molar-refractivity contribution >= 4 is 46.3 Å². The number of hydrogen-bond donors (Lipinski definition) is 4. The molecular weight excluding hydrogens is 639 g/mol. The van der Waals surface area contributed by atoms with Crippen molar-refractivity contribution in [3.05, 3.63) is 94.3 Å². The number of benzene rings is 3. The molecule has 3 aromatic carbocycles. The molecule has 1 aliphatic heterocycles. The largest absolute Gasteiger partial charge is 0.598 e. The van der Waals surface area contributed by atoms with E-state index < -0.39 is 51.5 Å². The maximum Gasteiger partial charge on any atom is 0.322 e. The number of nitrogens with zero attached hydrogens (tertiary/aromatic N) is 2. The summed E-state index contributed by atoms with van der Waals surface area (Å²) < 4.78 is 32.0. The molecule has 2 aliphatic rings. The second kappa shape index (κ2) is 14.2. The minimum atomic E-state index is -1.55. The van der Waals surface area contributed by atoms with Gasteiger partial charge in [-0.1, -0.05) is 42.6 Å². The Bertz CT molecular complexity index is 1660. The van der Waals surface area contributed by atoms with E-state index in [0.717, 1.165) is 19.3 Å². The number of nitrogens with two attached hydrogens (primary N) is 1. The summed E-state index contributed by atoms with van der Waals surface area (Å²) in [6.45, 7) is 5.74. The van der Waals surface area contributed by atoms with Gasteiger partial charge in [-0.15, -0.1) is 4.72 Å². The first-order valence-corrected chi connectivity index (χ1v) is 17.2. The molecule has 0 radical (unpaired) electrons. The van der Waals surface area contributed by atoms with Gasteiger partial charge in [0.05, 0.1) is 17.3 Å². The Morgan fingerprint density at radius 3 is 2.45 bits per heavy atom. The van der Waals surface area contributed by atoms with Crippen molar-refractivity contribution in [1.29, 1.82) is 5.26 Å². The van der Waals surface area contributed by atoms with Crippen molar-refractivity contribution in [3.8, 4) is 6.07 Å². The molecule has 12 heteroatoms. The lowest BCUT2D eigenvalue weighted by molar-refractivity contribution is -0.119. The van der Waals surface area contributed by atoms with Gasteiger partial charge in [-0.2, -0.15) is 5.26 Å². The molecule has 1 saturated heterocycles. The second-order valence-corrected chi connectivity index (χ2v) is 15.8. The molecule has 248 valence electrons. The average molecular weight is 679 g/mol. The summed E-state index contributed by atoms with van der Waals surface area (Å²) in [5.41, 5.74) is 7.27. The van der Waals surface area contributed by atoms with E-state index in [2.05, 4.69) is 21.4 Å². The number of rotatable bonds is 10. The van der Waals surface area contributed by atoms with Crippen molar-refractivity contribution in [1.82, 2.24) is 9.62 Å². The molecule has 4 atom stereocenters.